The average molecular weight is 354 g/mol. The molecule has 1 saturated carbocycles. The van der Waals surface area contributed by atoms with E-state index in [2.05, 4.69) is 10.4 Å². The maximum absolute atomic E-state index is 12.8. The molecule has 0 atom stereocenters. The van der Waals surface area contributed by atoms with Gasteiger partial charge in [-0.3, -0.25) is 14.3 Å². The van der Waals surface area contributed by atoms with Crippen LogP contribution in [0.2, 0.25) is 0 Å². The number of ether oxygens (including phenoxy) is 1. The first-order valence-electron chi connectivity index (χ1n) is 8.88. The molecular weight excluding hydrogens is 332 g/mol. The molecule has 136 valence electrons. The summed E-state index contributed by atoms with van der Waals surface area (Å²) < 4.78 is 7.48. The molecular formula is C19H22N4O3. The summed E-state index contributed by atoms with van der Waals surface area (Å²) in [5.74, 6) is 0.853. The molecule has 0 saturated heterocycles. The fourth-order valence-electron chi connectivity index (χ4n) is 3.06. The van der Waals surface area contributed by atoms with Crippen molar-refractivity contribution in [3.05, 3.63) is 41.2 Å². The van der Waals surface area contributed by atoms with Crippen LogP contribution < -0.4 is 10.1 Å². The Bertz CT molecular complexity index is 850. The monoisotopic (exact) mass is 354 g/mol. The number of carbonyl (C=O) groups is 2. The fraction of sp³-hybridized carbons (Fsp3) is 0.421. The number of nitrogens with one attached hydrogen (secondary N) is 1. The van der Waals surface area contributed by atoms with Crippen molar-refractivity contribution in [3.63, 3.8) is 0 Å². The number of carbonyl (C=O) groups excluding carboxylic acids is 2. The van der Waals surface area contributed by atoms with Gasteiger partial charge in [0.25, 0.3) is 5.91 Å². The zero-order valence-corrected chi connectivity index (χ0v) is 15.0. The van der Waals surface area contributed by atoms with Crippen LogP contribution >= 0.6 is 0 Å². The molecule has 0 bridgehead atoms. The van der Waals surface area contributed by atoms with E-state index in [0.29, 0.717) is 25.4 Å². The molecule has 2 amide bonds. The SMILES string of the molecule is Cc1cc(C(=O)N2CCOc3ccc(NC(=O)C4CC4)cc3C2)nn1C. The maximum atomic E-state index is 12.8. The van der Waals surface area contributed by atoms with Gasteiger partial charge in [-0.05, 0) is 44.0 Å². The lowest BCUT2D eigenvalue weighted by atomic mass is 10.1. The standard InChI is InChI=1S/C19H22N4O3/c1-12-9-16(21-22(12)2)19(25)23-7-8-26-17-6-5-15(10-14(17)11-23)20-18(24)13-3-4-13/h5-6,9-10,13H,3-4,7-8,11H2,1-2H3,(H,20,24). The third-order valence-corrected chi connectivity index (χ3v) is 4.88. The molecule has 1 fully saturated rings. The van der Waals surface area contributed by atoms with Crippen LogP contribution in [0.25, 0.3) is 0 Å². The first kappa shape index (κ1) is 16.6. The van der Waals surface area contributed by atoms with Crippen LogP contribution in [0.15, 0.2) is 24.3 Å². The fourth-order valence-corrected chi connectivity index (χ4v) is 3.06. The molecule has 1 aromatic carbocycles. The van der Waals surface area contributed by atoms with E-state index in [1.807, 2.05) is 32.2 Å². The van der Waals surface area contributed by atoms with Gasteiger partial charge in [0, 0.05) is 36.5 Å². The van der Waals surface area contributed by atoms with Gasteiger partial charge < -0.3 is 15.0 Å². The van der Waals surface area contributed by atoms with E-state index in [0.717, 1.165) is 35.5 Å². The number of benzene rings is 1. The van der Waals surface area contributed by atoms with Crippen LogP contribution in [-0.4, -0.2) is 39.6 Å². The Balaban J connectivity index is 1.54. The van der Waals surface area contributed by atoms with Crippen molar-refractivity contribution in [2.45, 2.75) is 26.3 Å². The number of fused-ring (bicyclic) bond motifs is 1. The number of amides is 2. The van der Waals surface area contributed by atoms with Gasteiger partial charge in [-0.1, -0.05) is 0 Å². The minimum absolute atomic E-state index is 0.0661. The smallest absolute Gasteiger partial charge is 0.274 e. The number of aromatic nitrogens is 2. The van der Waals surface area contributed by atoms with Crippen LogP contribution in [0.4, 0.5) is 5.69 Å². The molecule has 1 aliphatic heterocycles. The van der Waals surface area contributed by atoms with Gasteiger partial charge in [-0.2, -0.15) is 5.10 Å². The Kier molecular flexibility index (Phi) is 4.14. The lowest BCUT2D eigenvalue weighted by molar-refractivity contribution is -0.117. The molecule has 0 unspecified atom stereocenters. The highest BCUT2D eigenvalue weighted by molar-refractivity contribution is 5.94. The van der Waals surface area contributed by atoms with Crippen molar-refractivity contribution in [3.8, 4) is 5.75 Å². The van der Waals surface area contributed by atoms with Gasteiger partial charge in [-0.15, -0.1) is 0 Å². The molecule has 1 aromatic heterocycles. The molecule has 0 radical (unpaired) electrons. The van der Waals surface area contributed by atoms with Crippen molar-refractivity contribution < 1.29 is 14.3 Å². The van der Waals surface area contributed by atoms with E-state index in [-0.39, 0.29) is 17.7 Å². The molecule has 0 spiro atoms. The summed E-state index contributed by atoms with van der Waals surface area (Å²) in [5.41, 5.74) is 3.00. The van der Waals surface area contributed by atoms with E-state index in [4.69, 9.17) is 4.74 Å². The lowest BCUT2D eigenvalue weighted by Crippen LogP contribution is -2.32. The van der Waals surface area contributed by atoms with Crippen molar-refractivity contribution >= 4 is 17.5 Å². The summed E-state index contributed by atoms with van der Waals surface area (Å²) in [4.78, 5) is 26.5. The minimum Gasteiger partial charge on any atom is -0.491 e. The molecule has 26 heavy (non-hydrogen) atoms. The Hall–Kier alpha value is -2.83. The zero-order chi connectivity index (χ0) is 18.3. The molecule has 2 heterocycles. The van der Waals surface area contributed by atoms with Gasteiger partial charge >= 0.3 is 0 Å². The molecule has 4 rings (SSSR count). The third-order valence-electron chi connectivity index (χ3n) is 4.88. The molecule has 2 aromatic rings. The molecule has 7 heteroatoms. The lowest BCUT2D eigenvalue weighted by Gasteiger charge is -2.18. The second-order valence-electron chi connectivity index (χ2n) is 6.96. The quantitative estimate of drug-likeness (QED) is 0.916. The van der Waals surface area contributed by atoms with E-state index in [1.54, 1.807) is 15.6 Å². The van der Waals surface area contributed by atoms with Gasteiger partial charge in [0.2, 0.25) is 5.91 Å². The highest BCUT2D eigenvalue weighted by atomic mass is 16.5. The second-order valence-corrected chi connectivity index (χ2v) is 6.96. The van der Waals surface area contributed by atoms with Crippen molar-refractivity contribution in [2.75, 3.05) is 18.5 Å². The molecule has 1 N–H and O–H groups in total. The minimum atomic E-state index is -0.113. The Labute approximate surface area is 151 Å². The predicted octanol–water partition coefficient (Wildman–Crippen LogP) is 2.11. The van der Waals surface area contributed by atoms with E-state index >= 15 is 0 Å². The summed E-state index contributed by atoms with van der Waals surface area (Å²) in [7, 11) is 1.82. The summed E-state index contributed by atoms with van der Waals surface area (Å²) in [6.07, 6.45) is 1.93. The number of hydrogen-bond acceptors (Lipinski definition) is 4. The first-order chi connectivity index (χ1) is 12.5. The van der Waals surface area contributed by atoms with Crippen LogP contribution in [0.5, 0.6) is 5.75 Å². The Morgan fingerprint density at radius 1 is 1.27 bits per heavy atom. The number of hydrogen-bond donors (Lipinski definition) is 1. The molecule has 7 nitrogen and oxygen atoms in total. The van der Waals surface area contributed by atoms with E-state index in [1.165, 1.54) is 0 Å². The number of rotatable bonds is 3. The highest BCUT2D eigenvalue weighted by Gasteiger charge is 2.30. The largest absolute Gasteiger partial charge is 0.491 e. The van der Waals surface area contributed by atoms with Crippen LogP contribution in [0.1, 0.15) is 34.6 Å². The van der Waals surface area contributed by atoms with E-state index < -0.39 is 0 Å². The second kappa shape index (κ2) is 6.48. The number of aryl methyl sites for hydroxylation is 2. The Morgan fingerprint density at radius 2 is 2.08 bits per heavy atom. The Morgan fingerprint density at radius 3 is 2.77 bits per heavy atom. The summed E-state index contributed by atoms with van der Waals surface area (Å²) in [6, 6.07) is 7.39. The molecule has 2 aliphatic rings. The van der Waals surface area contributed by atoms with Gasteiger partial charge in [0.05, 0.1) is 6.54 Å². The summed E-state index contributed by atoms with van der Waals surface area (Å²) in [5, 5.41) is 7.23. The third kappa shape index (κ3) is 3.29. The normalized spacial score (nSPS) is 16.5. The highest BCUT2D eigenvalue weighted by Crippen LogP contribution is 2.32. The van der Waals surface area contributed by atoms with Gasteiger partial charge in [0.15, 0.2) is 5.69 Å². The van der Waals surface area contributed by atoms with Crippen molar-refractivity contribution in [1.82, 2.24) is 14.7 Å². The van der Waals surface area contributed by atoms with Crippen LogP contribution in [-0.2, 0) is 18.4 Å². The van der Waals surface area contributed by atoms with Crippen LogP contribution in [0, 0.1) is 12.8 Å². The topological polar surface area (TPSA) is 76.5 Å². The average Bonchev–Trinajstić information content (AvgIpc) is 3.42. The molecule has 1 aliphatic carbocycles. The van der Waals surface area contributed by atoms with Gasteiger partial charge in [-0.25, -0.2) is 0 Å². The summed E-state index contributed by atoms with van der Waals surface area (Å²) >= 11 is 0. The van der Waals surface area contributed by atoms with Crippen molar-refractivity contribution in [2.24, 2.45) is 13.0 Å². The summed E-state index contributed by atoms with van der Waals surface area (Å²) in [6.45, 7) is 3.27. The van der Waals surface area contributed by atoms with Crippen molar-refractivity contribution in [1.29, 1.82) is 0 Å². The van der Waals surface area contributed by atoms with Gasteiger partial charge in [0.1, 0.15) is 12.4 Å². The zero-order valence-electron chi connectivity index (χ0n) is 15.0. The number of anilines is 1. The maximum Gasteiger partial charge on any atom is 0.274 e. The van der Waals surface area contributed by atoms with E-state index in [9.17, 15) is 9.59 Å². The predicted molar refractivity (Wildman–Crippen MR) is 96.0 cm³/mol. The first-order valence-corrected chi connectivity index (χ1v) is 8.88. The van der Waals surface area contributed by atoms with Crippen LogP contribution in [0.3, 0.4) is 0 Å². The number of nitrogens with zero attached hydrogens (tertiary/aromatic N) is 3.